The zero-order valence-electron chi connectivity index (χ0n) is 13.8. The second-order valence-corrected chi connectivity index (χ2v) is 5.95. The highest BCUT2D eigenvalue weighted by Gasteiger charge is 2.16. The lowest BCUT2D eigenvalue weighted by atomic mass is 10.1. The number of ether oxygens (including phenoxy) is 1. The molecule has 0 aliphatic carbocycles. The van der Waals surface area contributed by atoms with Gasteiger partial charge in [-0.1, -0.05) is 35.5 Å². The van der Waals surface area contributed by atoms with E-state index in [-0.39, 0.29) is 5.37 Å². The predicted octanol–water partition coefficient (Wildman–Crippen LogP) is 4.40. The molecule has 1 N–H and O–H groups in total. The third kappa shape index (κ3) is 3.23. The Balaban J connectivity index is 1.96. The third-order valence-electron chi connectivity index (χ3n) is 3.77. The van der Waals surface area contributed by atoms with E-state index in [0.717, 1.165) is 33.8 Å². The first-order chi connectivity index (χ1) is 11.6. The minimum absolute atomic E-state index is 0.179. The molecule has 24 heavy (non-hydrogen) atoms. The van der Waals surface area contributed by atoms with Crippen molar-refractivity contribution < 1.29 is 9.26 Å². The number of hydrogen-bond donors (Lipinski definition) is 2. The number of nitrogens with one attached hydrogen (secondary N) is 1. The van der Waals surface area contributed by atoms with Gasteiger partial charge >= 0.3 is 0 Å². The highest BCUT2D eigenvalue weighted by Crippen LogP contribution is 2.34. The van der Waals surface area contributed by atoms with Crippen LogP contribution in [-0.4, -0.2) is 17.3 Å². The summed E-state index contributed by atoms with van der Waals surface area (Å²) >= 11 is 4.64. The quantitative estimate of drug-likeness (QED) is 0.532. The Morgan fingerprint density at radius 1 is 1.21 bits per heavy atom. The van der Waals surface area contributed by atoms with Crippen molar-refractivity contribution >= 4 is 18.3 Å². The van der Waals surface area contributed by atoms with Crippen LogP contribution >= 0.6 is 12.6 Å². The second kappa shape index (κ2) is 6.97. The van der Waals surface area contributed by atoms with Crippen molar-refractivity contribution in [3.8, 4) is 17.0 Å². The third-order valence-corrected chi connectivity index (χ3v) is 4.20. The Hall–Kier alpha value is -2.47. The molecule has 1 atom stereocenters. The highest BCUT2D eigenvalue weighted by atomic mass is 32.1. The fraction of sp³-hybridized carbons (Fsp3) is 0.222. The number of methoxy groups -OCH3 is 1. The fourth-order valence-corrected chi connectivity index (χ4v) is 2.93. The maximum absolute atomic E-state index is 5.37. The summed E-state index contributed by atoms with van der Waals surface area (Å²) in [4.78, 5) is 4.39. The lowest BCUT2D eigenvalue weighted by Gasteiger charge is -2.17. The zero-order chi connectivity index (χ0) is 17.1. The number of benzene rings is 1. The van der Waals surface area contributed by atoms with E-state index < -0.39 is 0 Å². The number of pyridine rings is 1. The number of aryl methyl sites for hydroxylation is 2. The maximum Gasteiger partial charge on any atom is 0.237 e. The molecule has 0 aliphatic rings. The molecule has 0 fully saturated rings. The molecule has 1 unspecified atom stereocenters. The molecule has 0 radical (unpaired) electrons. The minimum Gasteiger partial charge on any atom is -0.480 e. The van der Waals surface area contributed by atoms with E-state index in [1.54, 1.807) is 13.3 Å². The summed E-state index contributed by atoms with van der Waals surface area (Å²) < 4.78 is 10.6. The molecule has 0 spiro atoms. The van der Waals surface area contributed by atoms with Crippen molar-refractivity contribution in [1.82, 2.24) is 10.1 Å². The Morgan fingerprint density at radius 3 is 2.58 bits per heavy atom. The monoisotopic (exact) mass is 341 g/mol. The van der Waals surface area contributed by atoms with Crippen molar-refractivity contribution in [2.45, 2.75) is 19.2 Å². The predicted molar refractivity (Wildman–Crippen MR) is 97.6 cm³/mol. The van der Waals surface area contributed by atoms with Crippen molar-refractivity contribution in [2.75, 3.05) is 12.4 Å². The standard InChI is InChI=1S/C18H19N3O2S/c1-11-16(12(2)23-21-11)14-9-15(17(22-3)19-10-14)20-18(24)13-7-5-4-6-8-13/h4-10,18,20,24H,1-3H3. The molecule has 2 heterocycles. The van der Waals surface area contributed by atoms with Crippen LogP contribution in [0.3, 0.4) is 0 Å². The van der Waals surface area contributed by atoms with Gasteiger partial charge < -0.3 is 14.6 Å². The smallest absolute Gasteiger partial charge is 0.237 e. The van der Waals surface area contributed by atoms with Crippen LogP contribution in [0.5, 0.6) is 5.88 Å². The Bertz CT molecular complexity index is 814. The maximum atomic E-state index is 5.37. The minimum atomic E-state index is -0.179. The van der Waals surface area contributed by atoms with Gasteiger partial charge in [0.15, 0.2) is 0 Å². The Kier molecular flexibility index (Phi) is 4.76. The summed E-state index contributed by atoms with van der Waals surface area (Å²) in [6, 6.07) is 12.0. The van der Waals surface area contributed by atoms with Crippen LogP contribution in [0.25, 0.3) is 11.1 Å². The van der Waals surface area contributed by atoms with Gasteiger partial charge in [0, 0.05) is 17.3 Å². The van der Waals surface area contributed by atoms with Crippen LogP contribution in [0, 0.1) is 13.8 Å². The first-order valence-corrected chi connectivity index (χ1v) is 8.08. The molecule has 3 rings (SSSR count). The molecule has 5 nitrogen and oxygen atoms in total. The summed E-state index contributed by atoms with van der Waals surface area (Å²) in [6.07, 6.45) is 1.76. The summed E-state index contributed by atoms with van der Waals surface area (Å²) in [5, 5.41) is 7.17. The lowest BCUT2D eigenvalue weighted by Crippen LogP contribution is -2.06. The Labute approximate surface area is 146 Å². The van der Waals surface area contributed by atoms with Crippen molar-refractivity contribution in [1.29, 1.82) is 0 Å². The van der Waals surface area contributed by atoms with Crippen molar-refractivity contribution in [3.05, 3.63) is 59.6 Å². The molecular formula is C18H19N3O2S. The van der Waals surface area contributed by atoms with Crippen LogP contribution in [0.1, 0.15) is 22.4 Å². The van der Waals surface area contributed by atoms with E-state index in [0.29, 0.717) is 5.88 Å². The molecule has 6 heteroatoms. The summed E-state index contributed by atoms with van der Waals surface area (Å²) in [5.74, 6) is 1.27. The van der Waals surface area contributed by atoms with Gasteiger partial charge in [0.1, 0.15) is 5.76 Å². The van der Waals surface area contributed by atoms with Crippen LogP contribution in [-0.2, 0) is 0 Å². The topological polar surface area (TPSA) is 60.2 Å². The molecule has 3 aromatic rings. The first kappa shape index (κ1) is 16.4. The highest BCUT2D eigenvalue weighted by molar-refractivity contribution is 7.80. The molecule has 124 valence electrons. The molecule has 0 bridgehead atoms. The molecule has 0 aliphatic heterocycles. The number of hydrogen-bond acceptors (Lipinski definition) is 6. The summed E-state index contributed by atoms with van der Waals surface area (Å²) in [7, 11) is 1.60. The van der Waals surface area contributed by atoms with Crippen LogP contribution in [0.4, 0.5) is 5.69 Å². The molecule has 1 aromatic carbocycles. The molecule has 0 amide bonds. The van der Waals surface area contributed by atoms with Crippen LogP contribution in [0.2, 0.25) is 0 Å². The van der Waals surface area contributed by atoms with E-state index in [1.165, 1.54) is 0 Å². The van der Waals surface area contributed by atoms with Gasteiger partial charge in [-0.2, -0.15) is 0 Å². The van der Waals surface area contributed by atoms with Gasteiger partial charge in [0.05, 0.1) is 23.9 Å². The van der Waals surface area contributed by atoms with E-state index >= 15 is 0 Å². The number of thiol groups is 1. The van der Waals surface area contributed by atoms with E-state index in [2.05, 4.69) is 28.1 Å². The van der Waals surface area contributed by atoms with Gasteiger partial charge in [-0.3, -0.25) is 0 Å². The van der Waals surface area contributed by atoms with Gasteiger partial charge in [-0.15, -0.1) is 12.6 Å². The van der Waals surface area contributed by atoms with E-state index in [1.807, 2.05) is 50.2 Å². The molecule has 0 saturated heterocycles. The second-order valence-electron chi connectivity index (χ2n) is 5.44. The average Bonchev–Trinajstić information content (AvgIpc) is 2.94. The zero-order valence-corrected chi connectivity index (χ0v) is 14.7. The SMILES string of the molecule is COc1ncc(-c2c(C)noc2C)cc1NC(S)c1ccccc1. The van der Waals surface area contributed by atoms with Crippen molar-refractivity contribution in [3.63, 3.8) is 0 Å². The van der Waals surface area contributed by atoms with Gasteiger partial charge in [-0.25, -0.2) is 4.98 Å². The molecule has 2 aromatic heterocycles. The normalized spacial score (nSPS) is 12.0. The van der Waals surface area contributed by atoms with Crippen molar-refractivity contribution in [2.24, 2.45) is 0 Å². The van der Waals surface area contributed by atoms with Gasteiger partial charge in [0.25, 0.3) is 0 Å². The largest absolute Gasteiger partial charge is 0.480 e. The lowest BCUT2D eigenvalue weighted by molar-refractivity contribution is 0.393. The van der Waals surface area contributed by atoms with Crippen LogP contribution < -0.4 is 10.1 Å². The molecular weight excluding hydrogens is 322 g/mol. The number of aromatic nitrogens is 2. The van der Waals surface area contributed by atoms with Crippen LogP contribution in [0.15, 0.2) is 47.1 Å². The van der Waals surface area contributed by atoms with E-state index in [9.17, 15) is 0 Å². The Morgan fingerprint density at radius 2 is 1.96 bits per heavy atom. The fourth-order valence-electron chi connectivity index (χ4n) is 2.62. The number of rotatable bonds is 5. The summed E-state index contributed by atoms with van der Waals surface area (Å²) in [5.41, 5.74) is 4.52. The summed E-state index contributed by atoms with van der Waals surface area (Å²) in [6.45, 7) is 3.80. The number of anilines is 1. The first-order valence-electron chi connectivity index (χ1n) is 7.57. The van der Waals surface area contributed by atoms with Gasteiger partial charge in [0.2, 0.25) is 5.88 Å². The molecule has 0 saturated carbocycles. The van der Waals surface area contributed by atoms with Gasteiger partial charge in [-0.05, 0) is 25.5 Å². The number of nitrogens with zero attached hydrogens (tertiary/aromatic N) is 2. The average molecular weight is 341 g/mol. The van der Waals surface area contributed by atoms with E-state index in [4.69, 9.17) is 9.26 Å².